The van der Waals surface area contributed by atoms with Crippen molar-refractivity contribution in [1.82, 2.24) is 10.3 Å². The molecular weight excluding hydrogens is 384 g/mol. The van der Waals surface area contributed by atoms with Crippen LogP contribution in [-0.4, -0.2) is 28.0 Å². The number of aromatic amines is 1. The smallest absolute Gasteiger partial charge is 0.305 e. The predicted molar refractivity (Wildman–Crippen MR) is 113 cm³/mol. The van der Waals surface area contributed by atoms with E-state index in [-0.39, 0.29) is 23.0 Å². The Morgan fingerprint density at radius 2 is 1.78 bits per heavy atom. The minimum Gasteiger partial charge on any atom is -0.506 e. The lowest BCUT2D eigenvalue weighted by Crippen LogP contribution is -2.32. The highest BCUT2D eigenvalue weighted by molar-refractivity contribution is 7.16. The Morgan fingerprint density at radius 1 is 1.11 bits per heavy atom. The van der Waals surface area contributed by atoms with E-state index in [9.17, 15) is 15.0 Å². The first-order chi connectivity index (χ1) is 12.6. The molecule has 3 aromatic rings. The summed E-state index contributed by atoms with van der Waals surface area (Å²) >= 11 is 1.05. The lowest BCUT2D eigenvalue weighted by molar-refractivity contribution is 0.139. The number of hydrogen-bond acceptors (Lipinski definition) is 5. The molecule has 0 spiro atoms. The van der Waals surface area contributed by atoms with Crippen LogP contribution in [0.1, 0.15) is 30.0 Å². The number of benzene rings is 2. The van der Waals surface area contributed by atoms with Crippen LogP contribution in [0, 0.1) is 0 Å². The number of phenols is 1. The zero-order chi connectivity index (χ0) is 18.5. The van der Waals surface area contributed by atoms with Crippen LogP contribution >= 0.6 is 23.7 Å². The number of hydrogen-bond donors (Lipinski definition) is 4. The summed E-state index contributed by atoms with van der Waals surface area (Å²) in [5.74, 6) is 0.0519. The monoisotopic (exact) mass is 408 g/mol. The van der Waals surface area contributed by atoms with Crippen LogP contribution in [0.25, 0.3) is 10.2 Å². The molecular formula is C20H25ClN2O3S. The molecule has 0 saturated heterocycles. The first-order valence-electron chi connectivity index (χ1n) is 8.89. The molecule has 0 aliphatic carbocycles. The highest BCUT2D eigenvalue weighted by Gasteiger charge is 2.13. The quantitative estimate of drug-likeness (QED) is 0.430. The fourth-order valence-corrected chi connectivity index (χ4v) is 3.94. The first kappa shape index (κ1) is 21.4. The van der Waals surface area contributed by atoms with Gasteiger partial charge >= 0.3 is 4.87 Å². The Balaban J connectivity index is 0.00000261. The van der Waals surface area contributed by atoms with Crippen molar-refractivity contribution in [1.29, 1.82) is 0 Å². The van der Waals surface area contributed by atoms with Gasteiger partial charge < -0.3 is 15.2 Å². The number of H-pyrrole nitrogens is 1. The van der Waals surface area contributed by atoms with Crippen molar-refractivity contribution in [3.63, 3.8) is 0 Å². The van der Waals surface area contributed by atoms with Crippen molar-refractivity contribution in [3.8, 4) is 5.75 Å². The molecule has 1 heterocycles. The van der Waals surface area contributed by atoms with Gasteiger partial charge in [-0.1, -0.05) is 55.0 Å². The molecule has 7 heteroatoms. The lowest BCUT2D eigenvalue weighted by atomic mass is 10.1. The number of aromatic hydroxyl groups is 1. The van der Waals surface area contributed by atoms with Crippen molar-refractivity contribution in [2.24, 2.45) is 0 Å². The number of halogens is 1. The Morgan fingerprint density at radius 3 is 2.44 bits per heavy atom. The summed E-state index contributed by atoms with van der Waals surface area (Å²) in [6, 6.07) is 11.9. The van der Waals surface area contributed by atoms with Crippen molar-refractivity contribution in [2.75, 3.05) is 6.54 Å². The second-order valence-corrected chi connectivity index (χ2v) is 7.44. The van der Waals surface area contributed by atoms with Crippen LogP contribution in [0.2, 0.25) is 0 Å². The number of phenolic OH excluding ortho intramolecular Hbond substituents is 1. The first-order valence-corrected chi connectivity index (χ1v) is 9.71. The Kier molecular flexibility index (Phi) is 7.86. The molecule has 5 nitrogen and oxygen atoms in total. The van der Waals surface area contributed by atoms with E-state index in [0.717, 1.165) is 36.2 Å². The van der Waals surface area contributed by atoms with Crippen molar-refractivity contribution in [2.45, 2.75) is 38.8 Å². The minimum atomic E-state index is -0.709. The largest absolute Gasteiger partial charge is 0.506 e. The van der Waals surface area contributed by atoms with Crippen LogP contribution in [0.4, 0.5) is 0 Å². The molecule has 4 N–H and O–H groups in total. The van der Waals surface area contributed by atoms with Crippen LogP contribution in [0.5, 0.6) is 5.75 Å². The molecule has 0 radical (unpaired) electrons. The fourth-order valence-electron chi connectivity index (χ4n) is 3.06. The number of fused-ring (bicyclic) bond motifs is 1. The third-order valence-electron chi connectivity index (χ3n) is 4.41. The van der Waals surface area contributed by atoms with Crippen LogP contribution in [-0.2, 0) is 19.3 Å². The molecule has 0 aliphatic rings. The van der Waals surface area contributed by atoms with Gasteiger partial charge in [0, 0.05) is 13.0 Å². The van der Waals surface area contributed by atoms with E-state index >= 15 is 0 Å². The summed E-state index contributed by atoms with van der Waals surface area (Å²) in [5, 5.41) is 23.2. The maximum absolute atomic E-state index is 11.5. The molecule has 0 fully saturated rings. The molecule has 27 heavy (non-hydrogen) atoms. The molecule has 0 aliphatic heterocycles. The van der Waals surface area contributed by atoms with Crippen LogP contribution < -0.4 is 10.2 Å². The van der Waals surface area contributed by atoms with Gasteiger partial charge in [-0.2, -0.15) is 0 Å². The highest BCUT2D eigenvalue weighted by Crippen LogP contribution is 2.28. The standard InChI is InChI=1S/C20H24N2O3S.ClH/c1-2-3-13-4-6-14(7-5-13)10-11-21-17(24)12-15-8-9-16(23)18-19(15)26-20(25)22-18;/h4-9,17,21,23-24H,2-3,10-12H2,1H3,(H,22,25);1H/t17-;/m0./s1. The average molecular weight is 409 g/mol. The molecule has 0 unspecified atom stereocenters. The van der Waals surface area contributed by atoms with Gasteiger partial charge in [0.1, 0.15) is 17.5 Å². The summed E-state index contributed by atoms with van der Waals surface area (Å²) in [4.78, 5) is 14.0. The molecule has 2 aromatic carbocycles. The number of aliphatic hydroxyl groups excluding tert-OH is 1. The number of thiazole rings is 1. The SMILES string of the molecule is CCCc1ccc(CCN[C@@H](O)Cc2ccc(O)c3[nH]c(=O)sc23)cc1.Cl. The van der Waals surface area contributed by atoms with E-state index in [1.807, 2.05) is 0 Å². The third kappa shape index (κ3) is 5.56. The minimum absolute atomic E-state index is 0. The second kappa shape index (κ2) is 9.90. The Labute approximate surface area is 168 Å². The van der Waals surface area contributed by atoms with E-state index < -0.39 is 6.23 Å². The zero-order valence-corrected chi connectivity index (χ0v) is 16.8. The fraction of sp³-hybridized carbons (Fsp3) is 0.350. The Hall–Kier alpha value is -1.86. The average Bonchev–Trinajstić information content (AvgIpc) is 3.02. The van der Waals surface area contributed by atoms with Gasteiger partial charge in [-0.15, -0.1) is 12.4 Å². The number of aryl methyl sites for hydroxylation is 1. The topological polar surface area (TPSA) is 85.3 Å². The summed E-state index contributed by atoms with van der Waals surface area (Å²) in [5.41, 5.74) is 3.87. The normalized spacial score (nSPS) is 12.1. The van der Waals surface area contributed by atoms with Gasteiger partial charge in [0.25, 0.3) is 0 Å². The molecule has 0 bridgehead atoms. The lowest BCUT2D eigenvalue weighted by Gasteiger charge is -2.14. The zero-order valence-electron chi connectivity index (χ0n) is 15.2. The molecule has 1 atom stereocenters. The van der Waals surface area contributed by atoms with E-state index in [2.05, 4.69) is 41.5 Å². The van der Waals surface area contributed by atoms with Gasteiger partial charge in [-0.05, 0) is 35.6 Å². The summed E-state index contributed by atoms with van der Waals surface area (Å²) < 4.78 is 0.697. The molecule has 0 amide bonds. The summed E-state index contributed by atoms with van der Waals surface area (Å²) in [6.45, 7) is 2.84. The van der Waals surface area contributed by atoms with Crippen molar-refractivity contribution >= 4 is 34.0 Å². The molecule has 0 saturated carbocycles. The van der Waals surface area contributed by atoms with E-state index in [1.54, 1.807) is 12.1 Å². The highest BCUT2D eigenvalue weighted by atomic mass is 35.5. The maximum atomic E-state index is 11.5. The van der Waals surface area contributed by atoms with Gasteiger partial charge in [-0.3, -0.25) is 10.1 Å². The Bertz CT molecular complexity index is 921. The van der Waals surface area contributed by atoms with Gasteiger partial charge in [0.05, 0.1) is 4.70 Å². The maximum Gasteiger partial charge on any atom is 0.305 e. The molecule has 3 rings (SSSR count). The third-order valence-corrected chi connectivity index (χ3v) is 5.37. The number of aromatic nitrogens is 1. The van der Waals surface area contributed by atoms with Crippen LogP contribution in [0.15, 0.2) is 41.2 Å². The number of rotatable bonds is 8. The van der Waals surface area contributed by atoms with Crippen molar-refractivity contribution in [3.05, 3.63) is 62.8 Å². The van der Waals surface area contributed by atoms with E-state index in [1.165, 1.54) is 11.1 Å². The van der Waals surface area contributed by atoms with Gasteiger partial charge in [-0.25, -0.2) is 0 Å². The van der Waals surface area contributed by atoms with Crippen molar-refractivity contribution < 1.29 is 10.2 Å². The van der Waals surface area contributed by atoms with E-state index in [0.29, 0.717) is 23.2 Å². The summed E-state index contributed by atoms with van der Waals surface area (Å²) in [6.07, 6.45) is 2.75. The number of aliphatic hydroxyl groups is 1. The van der Waals surface area contributed by atoms with Crippen LogP contribution in [0.3, 0.4) is 0 Å². The van der Waals surface area contributed by atoms with E-state index in [4.69, 9.17) is 0 Å². The summed E-state index contributed by atoms with van der Waals surface area (Å²) in [7, 11) is 0. The predicted octanol–water partition coefficient (Wildman–Crippen LogP) is 3.36. The second-order valence-electron chi connectivity index (χ2n) is 6.45. The number of nitrogens with one attached hydrogen (secondary N) is 2. The van der Waals surface area contributed by atoms with Gasteiger partial charge in [0.2, 0.25) is 0 Å². The molecule has 1 aromatic heterocycles. The van der Waals surface area contributed by atoms with Gasteiger partial charge in [0.15, 0.2) is 0 Å². The molecule has 146 valence electrons.